The van der Waals surface area contributed by atoms with Crippen LogP contribution in [0.1, 0.15) is 25.7 Å². The molecule has 2 fully saturated rings. The SMILES string of the molecule is C=CCNC(N)=NCCN1C(=O)NC2(CCCC2)C1=O. The number of urea groups is 1. The van der Waals surface area contributed by atoms with Gasteiger partial charge in [-0.3, -0.25) is 14.7 Å². The Morgan fingerprint density at radius 3 is 2.85 bits per heavy atom. The van der Waals surface area contributed by atoms with Gasteiger partial charge in [0.25, 0.3) is 5.91 Å². The fourth-order valence-electron chi connectivity index (χ4n) is 2.70. The van der Waals surface area contributed by atoms with Crippen LogP contribution in [0.15, 0.2) is 17.6 Å². The molecule has 1 aliphatic heterocycles. The van der Waals surface area contributed by atoms with Crippen LogP contribution in [0.4, 0.5) is 4.79 Å². The van der Waals surface area contributed by atoms with Crippen LogP contribution in [-0.4, -0.2) is 48.0 Å². The van der Waals surface area contributed by atoms with Crippen molar-refractivity contribution >= 4 is 17.9 Å². The maximum absolute atomic E-state index is 12.3. The Labute approximate surface area is 118 Å². The minimum atomic E-state index is -0.645. The van der Waals surface area contributed by atoms with Gasteiger partial charge in [0, 0.05) is 6.54 Å². The van der Waals surface area contributed by atoms with Gasteiger partial charge in [-0.25, -0.2) is 4.79 Å². The molecule has 110 valence electrons. The third kappa shape index (κ3) is 2.76. The number of hydrogen-bond donors (Lipinski definition) is 3. The van der Waals surface area contributed by atoms with Crippen molar-refractivity contribution in [1.29, 1.82) is 0 Å². The highest BCUT2D eigenvalue weighted by molar-refractivity contribution is 6.07. The Kier molecular flexibility index (Phi) is 4.26. The summed E-state index contributed by atoms with van der Waals surface area (Å²) in [5, 5.41) is 5.66. The number of carbonyl (C=O) groups excluding carboxylic acids is 2. The van der Waals surface area contributed by atoms with Crippen molar-refractivity contribution in [2.75, 3.05) is 19.6 Å². The molecule has 4 N–H and O–H groups in total. The molecule has 2 aliphatic rings. The molecule has 1 spiro atoms. The molecule has 0 atom stereocenters. The van der Waals surface area contributed by atoms with Crippen molar-refractivity contribution < 1.29 is 9.59 Å². The lowest BCUT2D eigenvalue weighted by atomic mass is 9.98. The summed E-state index contributed by atoms with van der Waals surface area (Å²) >= 11 is 0. The maximum atomic E-state index is 12.3. The second kappa shape index (κ2) is 5.94. The molecule has 0 aromatic rings. The summed E-state index contributed by atoms with van der Waals surface area (Å²) in [5.74, 6) is 0.167. The number of imide groups is 1. The minimum Gasteiger partial charge on any atom is -0.370 e. The van der Waals surface area contributed by atoms with Crippen LogP contribution in [0.3, 0.4) is 0 Å². The largest absolute Gasteiger partial charge is 0.370 e. The molecule has 0 unspecified atom stereocenters. The van der Waals surface area contributed by atoms with E-state index in [1.807, 2.05) is 0 Å². The molecule has 1 saturated carbocycles. The molecule has 1 saturated heterocycles. The van der Waals surface area contributed by atoms with Crippen LogP contribution >= 0.6 is 0 Å². The highest BCUT2D eigenvalue weighted by atomic mass is 16.2. The Morgan fingerprint density at radius 1 is 1.50 bits per heavy atom. The lowest BCUT2D eigenvalue weighted by Gasteiger charge is -2.19. The number of amides is 3. The van der Waals surface area contributed by atoms with E-state index in [9.17, 15) is 9.59 Å². The van der Waals surface area contributed by atoms with Gasteiger partial charge < -0.3 is 16.4 Å². The molecule has 2 rings (SSSR count). The Bertz CT molecular complexity index is 440. The molecule has 7 nitrogen and oxygen atoms in total. The minimum absolute atomic E-state index is 0.118. The zero-order valence-corrected chi connectivity index (χ0v) is 11.5. The van der Waals surface area contributed by atoms with Crippen LogP contribution in [0.2, 0.25) is 0 Å². The predicted molar refractivity (Wildman–Crippen MR) is 76.1 cm³/mol. The van der Waals surface area contributed by atoms with Crippen molar-refractivity contribution in [3.63, 3.8) is 0 Å². The second-order valence-electron chi connectivity index (χ2n) is 5.11. The van der Waals surface area contributed by atoms with E-state index in [-0.39, 0.29) is 24.4 Å². The van der Waals surface area contributed by atoms with Gasteiger partial charge in [0.05, 0.1) is 13.1 Å². The number of nitrogens with two attached hydrogens (primary N) is 1. The van der Waals surface area contributed by atoms with Crippen molar-refractivity contribution in [1.82, 2.24) is 15.5 Å². The highest BCUT2D eigenvalue weighted by Gasteiger charge is 2.51. The van der Waals surface area contributed by atoms with Gasteiger partial charge >= 0.3 is 6.03 Å². The first-order valence-electron chi connectivity index (χ1n) is 6.88. The summed E-state index contributed by atoms with van der Waals surface area (Å²) in [7, 11) is 0. The molecule has 0 bridgehead atoms. The summed E-state index contributed by atoms with van der Waals surface area (Å²) in [4.78, 5) is 29.5. The van der Waals surface area contributed by atoms with Gasteiger partial charge in [-0.05, 0) is 12.8 Å². The quantitative estimate of drug-likeness (QED) is 0.284. The number of rotatable bonds is 5. The monoisotopic (exact) mass is 279 g/mol. The highest BCUT2D eigenvalue weighted by Crippen LogP contribution is 2.34. The Morgan fingerprint density at radius 2 is 2.20 bits per heavy atom. The van der Waals surface area contributed by atoms with Crippen LogP contribution in [0.5, 0.6) is 0 Å². The molecule has 20 heavy (non-hydrogen) atoms. The lowest BCUT2D eigenvalue weighted by Crippen LogP contribution is -2.44. The zero-order chi connectivity index (χ0) is 14.6. The van der Waals surface area contributed by atoms with E-state index >= 15 is 0 Å². The number of carbonyl (C=O) groups is 2. The molecular formula is C13H21N5O2. The van der Waals surface area contributed by atoms with Gasteiger partial charge in [-0.15, -0.1) is 6.58 Å². The average Bonchev–Trinajstić information content (AvgIpc) is 2.97. The standard InChI is InChI=1S/C13H21N5O2/c1-2-7-15-11(14)16-8-9-18-10(19)13(17-12(18)20)5-3-4-6-13/h2H,1,3-9H2,(H,17,20)(H3,14,15,16). The van der Waals surface area contributed by atoms with Gasteiger partial charge in [0.15, 0.2) is 5.96 Å². The van der Waals surface area contributed by atoms with Crippen LogP contribution < -0.4 is 16.4 Å². The molecular weight excluding hydrogens is 258 g/mol. The number of guanidine groups is 1. The first kappa shape index (κ1) is 14.4. The lowest BCUT2D eigenvalue weighted by molar-refractivity contribution is -0.131. The third-order valence-corrected chi connectivity index (χ3v) is 3.74. The van der Waals surface area contributed by atoms with Crippen LogP contribution in [-0.2, 0) is 4.79 Å². The summed E-state index contributed by atoms with van der Waals surface area (Å²) in [6.07, 6.45) is 5.11. The topological polar surface area (TPSA) is 99.8 Å². The Balaban J connectivity index is 1.88. The fourth-order valence-corrected chi connectivity index (χ4v) is 2.70. The second-order valence-corrected chi connectivity index (χ2v) is 5.11. The molecule has 1 heterocycles. The average molecular weight is 279 g/mol. The fraction of sp³-hybridized carbons (Fsp3) is 0.615. The summed E-state index contributed by atoms with van der Waals surface area (Å²) in [6.45, 7) is 4.64. The van der Waals surface area contributed by atoms with Crippen molar-refractivity contribution in [2.45, 2.75) is 31.2 Å². The van der Waals surface area contributed by atoms with E-state index in [0.717, 1.165) is 25.7 Å². The van der Waals surface area contributed by atoms with Gasteiger partial charge in [0.2, 0.25) is 0 Å². The van der Waals surface area contributed by atoms with Crippen molar-refractivity contribution in [3.05, 3.63) is 12.7 Å². The number of nitrogens with zero attached hydrogens (tertiary/aromatic N) is 2. The van der Waals surface area contributed by atoms with E-state index < -0.39 is 5.54 Å². The van der Waals surface area contributed by atoms with Gasteiger partial charge in [0.1, 0.15) is 5.54 Å². The first-order chi connectivity index (χ1) is 9.59. The summed E-state index contributed by atoms with van der Waals surface area (Å²) in [5.41, 5.74) is 4.97. The molecule has 0 radical (unpaired) electrons. The van der Waals surface area contributed by atoms with Gasteiger partial charge in [-0.2, -0.15) is 0 Å². The van der Waals surface area contributed by atoms with E-state index in [2.05, 4.69) is 22.2 Å². The number of hydrogen-bond acceptors (Lipinski definition) is 3. The van der Waals surface area contributed by atoms with Crippen LogP contribution in [0.25, 0.3) is 0 Å². The van der Waals surface area contributed by atoms with Crippen molar-refractivity contribution in [3.8, 4) is 0 Å². The number of nitrogens with one attached hydrogen (secondary N) is 2. The maximum Gasteiger partial charge on any atom is 0.325 e. The molecule has 0 aromatic heterocycles. The predicted octanol–water partition coefficient (Wildman–Crippen LogP) is -0.0587. The first-order valence-corrected chi connectivity index (χ1v) is 6.88. The van der Waals surface area contributed by atoms with E-state index in [1.54, 1.807) is 6.08 Å². The summed E-state index contributed by atoms with van der Waals surface area (Å²) < 4.78 is 0. The Hall–Kier alpha value is -2.05. The molecule has 7 heteroatoms. The van der Waals surface area contributed by atoms with E-state index in [0.29, 0.717) is 13.1 Å². The third-order valence-electron chi connectivity index (χ3n) is 3.74. The van der Waals surface area contributed by atoms with Crippen LogP contribution in [0, 0.1) is 0 Å². The van der Waals surface area contributed by atoms with Crippen molar-refractivity contribution in [2.24, 2.45) is 10.7 Å². The van der Waals surface area contributed by atoms with E-state index in [4.69, 9.17) is 5.73 Å². The smallest absolute Gasteiger partial charge is 0.325 e. The zero-order valence-electron chi connectivity index (χ0n) is 11.5. The molecule has 0 aromatic carbocycles. The normalized spacial score (nSPS) is 21.4. The van der Waals surface area contributed by atoms with E-state index in [1.165, 1.54) is 4.90 Å². The number of aliphatic imine (C=N–C) groups is 1. The molecule has 1 aliphatic carbocycles. The van der Waals surface area contributed by atoms with Gasteiger partial charge in [-0.1, -0.05) is 18.9 Å². The summed E-state index contributed by atoms with van der Waals surface area (Å²) in [6, 6.07) is -0.315. The molecule has 3 amide bonds.